The van der Waals surface area contributed by atoms with Crippen molar-refractivity contribution >= 4 is 28.9 Å². The molecule has 0 bridgehead atoms. The molecule has 27 heavy (non-hydrogen) atoms. The molecule has 8 heteroatoms. The van der Waals surface area contributed by atoms with Crippen LogP contribution in [0.3, 0.4) is 0 Å². The van der Waals surface area contributed by atoms with Crippen LogP contribution in [0.1, 0.15) is 12.8 Å². The third-order valence-corrected chi connectivity index (χ3v) is 4.68. The number of hydrogen-bond donors (Lipinski definition) is 3. The van der Waals surface area contributed by atoms with Crippen LogP contribution in [0.25, 0.3) is 0 Å². The maximum absolute atomic E-state index is 12.6. The van der Waals surface area contributed by atoms with E-state index in [0.717, 1.165) is 24.6 Å². The molecule has 0 aromatic carbocycles. The summed E-state index contributed by atoms with van der Waals surface area (Å²) in [6.45, 7) is 2.19. The largest absolute Gasteiger partial charge is 0.508 e. The fourth-order valence-corrected chi connectivity index (χ4v) is 3.24. The molecule has 2 aromatic rings. The number of carbonyl (C=O) groups excluding carboxylic acids is 1. The summed E-state index contributed by atoms with van der Waals surface area (Å²) < 4.78 is 0. The number of pyridine rings is 2. The summed E-state index contributed by atoms with van der Waals surface area (Å²) in [4.78, 5) is 24.8. The fourth-order valence-electron chi connectivity index (χ4n) is 3.24. The van der Waals surface area contributed by atoms with E-state index in [1.54, 1.807) is 6.20 Å². The van der Waals surface area contributed by atoms with Crippen molar-refractivity contribution in [3.8, 4) is 5.75 Å². The van der Waals surface area contributed by atoms with Crippen LogP contribution in [0.15, 0.2) is 48.4 Å². The fraction of sp³-hybridized carbons (Fsp3) is 0.263. The average Bonchev–Trinajstić information content (AvgIpc) is 3.30. The Morgan fingerprint density at radius 2 is 1.96 bits per heavy atom. The van der Waals surface area contributed by atoms with E-state index in [-0.39, 0.29) is 29.5 Å². The van der Waals surface area contributed by atoms with Crippen LogP contribution in [-0.4, -0.2) is 46.3 Å². The molecule has 2 aliphatic rings. The molecule has 0 aliphatic carbocycles. The maximum atomic E-state index is 12.6. The van der Waals surface area contributed by atoms with Gasteiger partial charge in [-0.05, 0) is 31.0 Å². The van der Waals surface area contributed by atoms with Crippen LogP contribution in [0.2, 0.25) is 0 Å². The minimum absolute atomic E-state index is 0.0269. The van der Waals surface area contributed by atoms with Crippen LogP contribution in [0, 0.1) is 5.41 Å². The zero-order chi connectivity index (χ0) is 18.8. The molecule has 0 radical (unpaired) electrons. The number of rotatable bonds is 4. The lowest BCUT2D eigenvalue weighted by Crippen LogP contribution is -2.25. The highest BCUT2D eigenvalue weighted by molar-refractivity contribution is 6.32. The van der Waals surface area contributed by atoms with Crippen molar-refractivity contribution in [3.05, 3.63) is 48.4 Å². The Bertz CT molecular complexity index is 903. The second kappa shape index (κ2) is 7.06. The molecule has 0 atom stereocenters. The van der Waals surface area contributed by atoms with E-state index in [1.807, 2.05) is 12.1 Å². The van der Waals surface area contributed by atoms with Gasteiger partial charge in [0.25, 0.3) is 5.91 Å². The maximum Gasteiger partial charge on any atom is 0.263 e. The van der Waals surface area contributed by atoms with Crippen molar-refractivity contribution in [1.82, 2.24) is 9.97 Å². The van der Waals surface area contributed by atoms with Gasteiger partial charge >= 0.3 is 0 Å². The molecule has 2 aliphatic heterocycles. The first-order valence-corrected chi connectivity index (χ1v) is 8.84. The molecule has 4 heterocycles. The molecule has 138 valence electrons. The topological polar surface area (TPSA) is 105 Å². The summed E-state index contributed by atoms with van der Waals surface area (Å²) >= 11 is 0. The number of aromatic nitrogens is 2. The standard InChI is InChI=1S/C19H20N6O2/c20-16-12-25(18-9-14(26)5-6-21-18)19(27)15(16)11-22-13-3-4-17(23-10-13)24-7-1-2-8-24/h3-6,9-11,20,22H,1-2,7-8,12H2,(H,21,26)/b15-11+,20-16?. The van der Waals surface area contributed by atoms with Gasteiger partial charge in [-0.1, -0.05) is 0 Å². The Morgan fingerprint density at radius 3 is 2.67 bits per heavy atom. The Morgan fingerprint density at radius 1 is 1.15 bits per heavy atom. The number of hydrogen-bond acceptors (Lipinski definition) is 7. The summed E-state index contributed by atoms with van der Waals surface area (Å²) in [6, 6.07) is 6.71. The first kappa shape index (κ1) is 17.0. The van der Waals surface area contributed by atoms with E-state index in [1.165, 1.54) is 42.3 Å². The zero-order valence-electron chi connectivity index (χ0n) is 14.7. The highest BCUT2D eigenvalue weighted by atomic mass is 16.3. The highest BCUT2D eigenvalue weighted by Gasteiger charge is 2.32. The van der Waals surface area contributed by atoms with Gasteiger partial charge in [-0.2, -0.15) is 0 Å². The molecule has 2 fully saturated rings. The molecule has 2 aromatic heterocycles. The van der Waals surface area contributed by atoms with Gasteiger partial charge in [-0.25, -0.2) is 9.97 Å². The third kappa shape index (κ3) is 3.46. The predicted octanol–water partition coefficient (Wildman–Crippen LogP) is 2.14. The van der Waals surface area contributed by atoms with Gasteiger partial charge in [-0.15, -0.1) is 0 Å². The van der Waals surface area contributed by atoms with Crippen LogP contribution in [0.4, 0.5) is 17.3 Å². The van der Waals surface area contributed by atoms with Gasteiger partial charge in [0.05, 0.1) is 29.7 Å². The summed E-state index contributed by atoms with van der Waals surface area (Å²) in [5.74, 6) is 0.979. The molecule has 3 N–H and O–H groups in total. The van der Waals surface area contributed by atoms with Crippen LogP contribution >= 0.6 is 0 Å². The van der Waals surface area contributed by atoms with Gasteiger partial charge in [0.15, 0.2) is 0 Å². The molecule has 0 saturated carbocycles. The second-order valence-electron chi connectivity index (χ2n) is 6.54. The van der Waals surface area contributed by atoms with E-state index in [4.69, 9.17) is 5.41 Å². The molecule has 2 saturated heterocycles. The SMILES string of the molecule is N=C1CN(c2cc(O)ccn2)C(=O)/C1=C/Nc1ccc(N2CCCC2)nc1. The van der Waals surface area contributed by atoms with Crippen LogP contribution in [-0.2, 0) is 4.79 Å². The quantitative estimate of drug-likeness (QED) is 0.718. The predicted molar refractivity (Wildman–Crippen MR) is 103 cm³/mol. The number of amides is 1. The van der Waals surface area contributed by atoms with Gasteiger partial charge in [0.1, 0.15) is 17.4 Å². The Hall–Kier alpha value is -3.42. The summed E-state index contributed by atoms with van der Waals surface area (Å²) in [5, 5.41) is 20.7. The monoisotopic (exact) mass is 364 g/mol. The lowest BCUT2D eigenvalue weighted by Gasteiger charge is -2.16. The summed E-state index contributed by atoms with van der Waals surface area (Å²) in [5.41, 5.74) is 1.21. The van der Waals surface area contributed by atoms with E-state index in [0.29, 0.717) is 5.82 Å². The number of carbonyl (C=O) groups is 1. The lowest BCUT2D eigenvalue weighted by molar-refractivity contribution is -0.114. The minimum Gasteiger partial charge on any atom is -0.508 e. The van der Waals surface area contributed by atoms with Gasteiger partial charge in [0.2, 0.25) is 0 Å². The van der Waals surface area contributed by atoms with E-state index < -0.39 is 0 Å². The molecule has 4 rings (SSSR count). The van der Waals surface area contributed by atoms with E-state index >= 15 is 0 Å². The second-order valence-corrected chi connectivity index (χ2v) is 6.54. The highest BCUT2D eigenvalue weighted by Crippen LogP contribution is 2.24. The first-order chi connectivity index (χ1) is 13.1. The van der Waals surface area contributed by atoms with Crippen molar-refractivity contribution < 1.29 is 9.90 Å². The molecule has 8 nitrogen and oxygen atoms in total. The average molecular weight is 364 g/mol. The molecule has 1 amide bonds. The Kier molecular flexibility index (Phi) is 4.45. The van der Waals surface area contributed by atoms with Crippen molar-refractivity contribution in [1.29, 1.82) is 5.41 Å². The van der Waals surface area contributed by atoms with Crippen LogP contribution in [0.5, 0.6) is 5.75 Å². The number of nitrogens with one attached hydrogen (secondary N) is 2. The van der Waals surface area contributed by atoms with Crippen molar-refractivity contribution in [2.45, 2.75) is 12.8 Å². The molecular formula is C19H20N6O2. The molecular weight excluding hydrogens is 344 g/mol. The van der Waals surface area contributed by atoms with E-state index in [2.05, 4.69) is 20.2 Å². The van der Waals surface area contributed by atoms with Gasteiger partial charge < -0.3 is 20.7 Å². The molecule has 0 unspecified atom stereocenters. The minimum atomic E-state index is -0.327. The lowest BCUT2D eigenvalue weighted by atomic mass is 10.2. The Balaban J connectivity index is 1.47. The summed E-state index contributed by atoms with van der Waals surface area (Å²) in [7, 11) is 0. The smallest absolute Gasteiger partial charge is 0.263 e. The molecule has 0 spiro atoms. The van der Waals surface area contributed by atoms with Crippen LogP contribution < -0.4 is 15.1 Å². The number of nitrogens with zero attached hydrogens (tertiary/aromatic N) is 4. The normalized spacial score (nSPS) is 18.6. The Labute approximate surface area is 156 Å². The number of aromatic hydroxyl groups is 1. The van der Waals surface area contributed by atoms with Gasteiger partial charge in [-0.3, -0.25) is 9.69 Å². The van der Waals surface area contributed by atoms with Crippen molar-refractivity contribution in [2.75, 3.05) is 34.8 Å². The van der Waals surface area contributed by atoms with E-state index in [9.17, 15) is 9.90 Å². The first-order valence-electron chi connectivity index (χ1n) is 8.84. The third-order valence-electron chi connectivity index (χ3n) is 4.68. The van der Waals surface area contributed by atoms with Gasteiger partial charge in [0, 0.05) is 31.6 Å². The zero-order valence-corrected chi connectivity index (χ0v) is 14.7. The number of anilines is 3. The summed E-state index contributed by atoms with van der Waals surface area (Å²) in [6.07, 6.45) is 7.07. The van der Waals surface area contributed by atoms with Crippen molar-refractivity contribution in [2.24, 2.45) is 0 Å². The van der Waals surface area contributed by atoms with Crippen molar-refractivity contribution in [3.63, 3.8) is 0 Å².